The second kappa shape index (κ2) is 10.3. The van der Waals surface area contributed by atoms with E-state index in [4.69, 9.17) is 9.72 Å². The monoisotopic (exact) mass is 587 g/mol. The minimum absolute atomic E-state index is 0.0864. The Balaban J connectivity index is 1.13. The van der Waals surface area contributed by atoms with Crippen molar-refractivity contribution in [3.8, 4) is 22.3 Å². The first-order valence-electron chi connectivity index (χ1n) is 16.5. The van der Waals surface area contributed by atoms with Crippen LogP contribution in [0.5, 0.6) is 0 Å². The third kappa shape index (κ3) is 5.14. The van der Waals surface area contributed by atoms with E-state index in [1.54, 1.807) is 0 Å². The van der Waals surface area contributed by atoms with Gasteiger partial charge in [-0.25, -0.2) is 9.78 Å². The van der Waals surface area contributed by atoms with Crippen LogP contribution in [0.4, 0.5) is 4.79 Å². The summed E-state index contributed by atoms with van der Waals surface area (Å²) in [7, 11) is 0. The van der Waals surface area contributed by atoms with Crippen molar-refractivity contribution in [1.29, 1.82) is 0 Å². The summed E-state index contributed by atoms with van der Waals surface area (Å²) in [6, 6.07) is 20.7. The lowest BCUT2D eigenvalue weighted by atomic mass is 9.42. The fourth-order valence-electron chi connectivity index (χ4n) is 7.90. The molecule has 1 aliphatic carbocycles. The third-order valence-electron chi connectivity index (χ3n) is 11.0. The molecule has 3 heterocycles. The van der Waals surface area contributed by atoms with Crippen molar-refractivity contribution in [2.75, 3.05) is 6.54 Å². The lowest BCUT2D eigenvalue weighted by molar-refractivity contribution is 0.0219. The van der Waals surface area contributed by atoms with Crippen molar-refractivity contribution in [2.45, 2.75) is 98.4 Å². The molecule has 2 aliphatic heterocycles. The van der Waals surface area contributed by atoms with E-state index >= 15 is 0 Å². The molecular weight excluding hydrogens is 541 g/mol. The van der Waals surface area contributed by atoms with Gasteiger partial charge >= 0.3 is 6.09 Å². The zero-order chi connectivity index (χ0) is 31.0. The first-order chi connectivity index (χ1) is 20.8. The predicted molar refractivity (Wildman–Crippen MR) is 182 cm³/mol. The van der Waals surface area contributed by atoms with Crippen LogP contribution in [-0.2, 0) is 17.6 Å². The first kappa shape index (κ1) is 29.2. The quantitative estimate of drug-likeness (QED) is 0.244. The number of carbonyl (C=O) groups excluding carboxylic acids is 1. The molecule has 3 aliphatic rings. The Labute approximate surface area is 262 Å². The van der Waals surface area contributed by atoms with Gasteiger partial charge in [-0.05, 0) is 103 Å². The molecule has 228 valence electrons. The van der Waals surface area contributed by atoms with E-state index in [1.807, 2.05) is 25.7 Å². The van der Waals surface area contributed by atoms with Gasteiger partial charge in [-0.1, -0.05) is 88.3 Å². The van der Waals surface area contributed by atoms with Crippen LogP contribution in [0.2, 0.25) is 12.6 Å². The van der Waals surface area contributed by atoms with E-state index in [-0.39, 0.29) is 12.1 Å². The molecule has 1 atom stereocenters. The fraction of sp³-hybridized carbons (Fsp3) is 0.474. The van der Waals surface area contributed by atoms with Gasteiger partial charge in [0.05, 0.1) is 17.1 Å². The van der Waals surface area contributed by atoms with Gasteiger partial charge in [0.15, 0.2) is 6.71 Å². The molecule has 2 fully saturated rings. The van der Waals surface area contributed by atoms with E-state index in [2.05, 4.69) is 87.3 Å². The van der Waals surface area contributed by atoms with Crippen LogP contribution in [0.1, 0.15) is 84.3 Å². The number of hydrogen-bond donors (Lipinski definition) is 1. The van der Waals surface area contributed by atoms with Gasteiger partial charge in [0.25, 0.3) is 0 Å². The summed E-state index contributed by atoms with van der Waals surface area (Å²) in [5, 5.41) is 0. The Morgan fingerprint density at radius 3 is 2.25 bits per heavy atom. The van der Waals surface area contributed by atoms with Gasteiger partial charge in [0.1, 0.15) is 11.4 Å². The number of aryl methyl sites for hydroxylation is 2. The largest absolute Gasteiger partial charge is 0.444 e. The number of imidazole rings is 1. The highest BCUT2D eigenvalue weighted by molar-refractivity contribution is 6.74. The Hall–Kier alpha value is -3.54. The number of fused-ring (bicyclic) bond motifs is 4. The number of nitrogens with zero attached hydrogens (tertiary/aromatic N) is 2. The van der Waals surface area contributed by atoms with Crippen LogP contribution in [0, 0.1) is 10.8 Å². The first-order valence-corrected chi connectivity index (χ1v) is 16.5. The van der Waals surface area contributed by atoms with Gasteiger partial charge in [0, 0.05) is 6.54 Å². The summed E-state index contributed by atoms with van der Waals surface area (Å²) < 4.78 is 5.68. The highest BCUT2D eigenvalue weighted by atomic mass is 16.6. The maximum atomic E-state index is 12.9. The summed E-state index contributed by atoms with van der Waals surface area (Å²) in [6.45, 7) is 16.8. The molecule has 0 bridgehead atoms. The number of amides is 1. The second-order valence-corrected chi connectivity index (χ2v) is 15.8. The molecule has 0 saturated carbocycles. The van der Waals surface area contributed by atoms with Gasteiger partial charge in [0.2, 0.25) is 0 Å². The summed E-state index contributed by atoms with van der Waals surface area (Å²) in [5.41, 5.74) is 11.8. The normalized spacial score (nSPS) is 20.6. The molecule has 7 rings (SSSR count). The zero-order valence-electron chi connectivity index (χ0n) is 27.5. The minimum Gasteiger partial charge on any atom is -0.444 e. The summed E-state index contributed by atoms with van der Waals surface area (Å²) in [6.07, 6.45) is 6.27. The molecule has 2 saturated heterocycles. The highest BCUT2D eigenvalue weighted by Crippen LogP contribution is 2.52. The number of H-pyrrole nitrogens is 1. The molecule has 0 unspecified atom stereocenters. The predicted octanol–water partition coefficient (Wildman–Crippen LogP) is 8.84. The number of hydrogen-bond acceptors (Lipinski definition) is 3. The molecule has 6 heteroatoms. The van der Waals surface area contributed by atoms with Crippen molar-refractivity contribution in [1.82, 2.24) is 14.9 Å². The Kier molecular flexibility index (Phi) is 6.80. The molecule has 44 heavy (non-hydrogen) atoms. The molecule has 1 N–H and O–H groups in total. The Morgan fingerprint density at radius 2 is 1.55 bits per heavy atom. The van der Waals surface area contributed by atoms with Crippen molar-refractivity contribution in [3.05, 3.63) is 71.5 Å². The zero-order valence-corrected chi connectivity index (χ0v) is 27.5. The van der Waals surface area contributed by atoms with Gasteiger partial charge < -0.3 is 9.72 Å². The van der Waals surface area contributed by atoms with Crippen LogP contribution >= 0.6 is 0 Å². The van der Waals surface area contributed by atoms with E-state index < -0.39 is 5.60 Å². The fourth-order valence-corrected chi connectivity index (χ4v) is 7.90. The Bertz CT molecular complexity index is 1750. The Morgan fingerprint density at radius 1 is 0.909 bits per heavy atom. The molecule has 3 aromatic carbocycles. The van der Waals surface area contributed by atoms with E-state index in [0.717, 1.165) is 42.5 Å². The molecular formula is C38H46BN3O2. The second-order valence-electron chi connectivity index (χ2n) is 15.8. The van der Waals surface area contributed by atoms with E-state index in [0.29, 0.717) is 24.1 Å². The maximum Gasteiger partial charge on any atom is 0.410 e. The number of ether oxygens (including phenoxy) is 1. The van der Waals surface area contributed by atoms with E-state index in [9.17, 15) is 4.79 Å². The van der Waals surface area contributed by atoms with Crippen LogP contribution in [0.15, 0.2) is 54.6 Å². The number of aromatic amines is 1. The van der Waals surface area contributed by atoms with Gasteiger partial charge in [-0.3, -0.25) is 4.90 Å². The van der Waals surface area contributed by atoms with Crippen LogP contribution in [0.3, 0.4) is 0 Å². The van der Waals surface area contributed by atoms with Crippen LogP contribution < -0.4 is 5.46 Å². The average Bonchev–Trinajstić information content (AvgIpc) is 3.66. The lowest BCUT2D eigenvalue weighted by Crippen LogP contribution is -2.36. The summed E-state index contributed by atoms with van der Waals surface area (Å²) >= 11 is 0. The lowest BCUT2D eigenvalue weighted by Gasteiger charge is -2.35. The molecule has 4 aromatic rings. The van der Waals surface area contributed by atoms with Crippen molar-refractivity contribution >= 4 is 29.3 Å². The number of aromatic nitrogens is 2. The van der Waals surface area contributed by atoms with Crippen LogP contribution in [0.25, 0.3) is 33.3 Å². The number of rotatable bonds is 3. The number of carbonyl (C=O) groups is 1. The number of likely N-dealkylation sites (tertiary alicyclic amines) is 1. The number of benzene rings is 3. The molecule has 1 aromatic heterocycles. The van der Waals surface area contributed by atoms with Gasteiger partial charge in [-0.2, -0.15) is 0 Å². The standard InChI is InChI=1S/C38H46BN3O2/c1-36(2,3)44-35(43)42-18-8-9-33(42)34-40-31-17-13-25(21-32(31)41-34)24-12-15-29-26(19-24)10-11-27-20-28(14-16-30(27)29)39-22-37(4,5)38(6,7)23-39/h12-17,19-21,33H,8-11,18,22-23H2,1-7H3,(H,40,41)/t33-/m0/s1. The average molecular weight is 588 g/mol. The van der Waals surface area contributed by atoms with E-state index in [1.165, 1.54) is 51.5 Å². The summed E-state index contributed by atoms with van der Waals surface area (Å²) in [5.74, 6) is 0.839. The van der Waals surface area contributed by atoms with Crippen LogP contribution in [-0.4, -0.2) is 39.8 Å². The summed E-state index contributed by atoms with van der Waals surface area (Å²) in [4.78, 5) is 23.2. The topological polar surface area (TPSA) is 58.2 Å². The molecule has 5 nitrogen and oxygen atoms in total. The maximum absolute atomic E-state index is 12.9. The third-order valence-corrected chi connectivity index (χ3v) is 11.0. The smallest absolute Gasteiger partial charge is 0.410 e. The van der Waals surface area contributed by atoms with Crippen molar-refractivity contribution < 1.29 is 9.53 Å². The van der Waals surface area contributed by atoms with Crippen molar-refractivity contribution in [3.63, 3.8) is 0 Å². The molecule has 0 spiro atoms. The highest BCUT2D eigenvalue weighted by Gasteiger charge is 2.48. The van der Waals surface area contributed by atoms with Gasteiger partial charge in [-0.15, -0.1) is 0 Å². The minimum atomic E-state index is -0.517. The van der Waals surface area contributed by atoms with Crippen molar-refractivity contribution in [2.24, 2.45) is 10.8 Å². The molecule has 1 amide bonds. The molecule has 0 radical (unpaired) electrons. The SMILES string of the molecule is CC(C)(C)OC(=O)N1CCC[C@H]1c1nc2ccc(-c3ccc4c(c3)CCc3cc(B5CC(C)(C)C(C)(C)C5)ccc3-4)cc2[nH]1. The number of nitrogens with one attached hydrogen (secondary N) is 1.